The Kier molecular flexibility index (Phi) is 2.88. The van der Waals surface area contributed by atoms with Crippen LogP contribution in [-0.2, 0) is 6.42 Å². The zero-order chi connectivity index (χ0) is 10.7. The summed E-state index contributed by atoms with van der Waals surface area (Å²) in [6.07, 6.45) is 1.62. The van der Waals surface area contributed by atoms with E-state index < -0.39 is 6.10 Å². The molecule has 0 aliphatic carbocycles. The van der Waals surface area contributed by atoms with Gasteiger partial charge < -0.3 is 9.52 Å². The highest BCUT2D eigenvalue weighted by Gasteiger charge is 2.10. The van der Waals surface area contributed by atoms with Gasteiger partial charge in [-0.25, -0.2) is 0 Å². The van der Waals surface area contributed by atoms with Gasteiger partial charge in [-0.1, -0.05) is 29.8 Å². The van der Waals surface area contributed by atoms with Gasteiger partial charge in [0.25, 0.3) is 0 Å². The van der Waals surface area contributed by atoms with Crippen molar-refractivity contribution in [2.45, 2.75) is 19.4 Å². The van der Waals surface area contributed by atoms with Gasteiger partial charge in [0.15, 0.2) is 0 Å². The number of hydrogen-bond donors (Lipinski definition) is 1. The topological polar surface area (TPSA) is 33.4 Å². The van der Waals surface area contributed by atoms with Gasteiger partial charge in [-0.3, -0.25) is 0 Å². The first kappa shape index (κ1) is 9.99. The van der Waals surface area contributed by atoms with Gasteiger partial charge in [-0.15, -0.1) is 0 Å². The van der Waals surface area contributed by atoms with E-state index in [9.17, 15) is 5.11 Å². The largest absolute Gasteiger partial charge is 0.467 e. The Morgan fingerprint density at radius 1 is 1.20 bits per heavy atom. The zero-order valence-electron chi connectivity index (χ0n) is 8.68. The van der Waals surface area contributed by atoms with Crippen LogP contribution in [0.15, 0.2) is 47.1 Å². The van der Waals surface area contributed by atoms with Crippen LogP contribution in [0.4, 0.5) is 0 Å². The molecule has 0 bridgehead atoms. The third-order valence-electron chi connectivity index (χ3n) is 2.42. The molecule has 0 saturated carbocycles. The van der Waals surface area contributed by atoms with Crippen LogP contribution >= 0.6 is 0 Å². The van der Waals surface area contributed by atoms with Crippen LogP contribution in [-0.4, -0.2) is 5.11 Å². The molecule has 1 aromatic heterocycles. The summed E-state index contributed by atoms with van der Waals surface area (Å²) in [5, 5.41) is 9.84. The minimum atomic E-state index is -0.553. The van der Waals surface area contributed by atoms with Crippen molar-refractivity contribution in [3.63, 3.8) is 0 Å². The van der Waals surface area contributed by atoms with E-state index >= 15 is 0 Å². The second-order valence-corrected chi connectivity index (χ2v) is 3.72. The summed E-state index contributed by atoms with van der Waals surface area (Å²) >= 11 is 0. The Morgan fingerprint density at radius 2 is 1.93 bits per heavy atom. The number of furan rings is 1. The van der Waals surface area contributed by atoms with E-state index in [1.807, 2.05) is 31.2 Å². The number of rotatable bonds is 3. The summed E-state index contributed by atoms with van der Waals surface area (Å²) in [5.74, 6) is 0.621. The standard InChI is InChI=1S/C13H14O2/c1-10-4-6-11(7-5-10)9-12(14)13-3-2-8-15-13/h2-8,12,14H,9H2,1H3. The van der Waals surface area contributed by atoms with Gasteiger partial charge >= 0.3 is 0 Å². The zero-order valence-corrected chi connectivity index (χ0v) is 8.68. The van der Waals surface area contributed by atoms with Crippen molar-refractivity contribution >= 4 is 0 Å². The first-order valence-electron chi connectivity index (χ1n) is 5.03. The normalized spacial score (nSPS) is 12.7. The molecule has 1 atom stereocenters. The van der Waals surface area contributed by atoms with Gasteiger partial charge in [0, 0.05) is 6.42 Å². The molecule has 0 fully saturated rings. The van der Waals surface area contributed by atoms with Crippen molar-refractivity contribution in [2.75, 3.05) is 0 Å². The summed E-state index contributed by atoms with van der Waals surface area (Å²) in [6.45, 7) is 2.05. The molecule has 15 heavy (non-hydrogen) atoms. The fourth-order valence-corrected chi connectivity index (χ4v) is 1.53. The molecule has 2 rings (SSSR count). The van der Waals surface area contributed by atoms with E-state index in [0.717, 1.165) is 5.56 Å². The monoisotopic (exact) mass is 202 g/mol. The maximum Gasteiger partial charge on any atom is 0.132 e. The van der Waals surface area contributed by atoms with E-state index in [1.54, 1.807) is 18.4 Å². The van der Waals surface area contributed by atoms with Crippen molar-refractivity contribution in [1.29, 1.82) is 0 Å². The van der Waals surface area contributed by atoms with E-state index in [2.05, 4.69) is 0 Å². The molecular weight excluding hydrogens is 188 g/mol. The number of hydrogen-bond acceptors (Lipinski definition) is 2. The fourth-order valence-electron chi connectivity index (χ4n) is 1.53. The lowest BCUT2D eigenvalue weighted by atomic mass is 10.1. The lowest BCUT2D eigenvalue weighted by Crippen LogP contribution is -2.00. The highest BCUT2D eigenvalue weighted by molar-refractivity contribution is 5.22. The predicted molar refractivity (Wildman–Crippen MR) is 58.6 cm³/mol. The molecular formula is C13H14O2. The van der Waals surface area contributed by atoms with Crippen molar-refractivity contribution in [3.8, 4) is 0 Å². The van der Waals surface area contributed by atoms with E-state index in [1.165, 1.54) is 5.56 Å². The maximum absolute atomic E-state index is 9.84. The van der Waals surface area contributed by atoms with Crippen LogP contribution < -0.4 is 0 Å². The molecule has 2 nitrogen and oxygen atoms in total. The first-order valence-corrected chi connectivity index (χ1v) is 5.03. The van der Waals surface area contributed by atoms with Crippen molar-refractivity contribution in [1.82, 2.24) is 0 Å². The number of aliphatic hydroxyl groups excluding tert-OH is 1. The van der Waals surface area contributed by atoms with Gasteiger partial charge in [0.2, 0.25) is 0 Å². The molecule has 0 saturated heterocycles. The quantitative estimate of drug-likeness (QED) is 0.830. The Morgan fingerprint density at radius 3 is 2.53 bits per heavy atom. The van der Waals surface area contributed by atoms with Gasteiger partial charge in [-0.2, -0.15) is 0 Å². The number of benzene rings is 1. The Balaban J connectivity index is 2.06. The van der Waals surface area contributed by atoms with Crippen LogP contribution in [0.3, 0.4) is 0 Å². The number of aliphatic hydroxyl groups is 1. The smallest absolute Gasteiger partial charge is 0.132 e. The summed E-state index contributed by atoms with van der Waals surface area (Å²) in [5.41, 5.74) is 2.34. The Hall–Kier alpha value is -1.54. The molecule has 0 aliphatic rings. The Labute approximate surface area is 89.2 Å². The third-order valence-corrected chi connectivity index (χ3v) is 2.42. The highest BCUT2D eigenvalue weighted by atomic mass is 16.4. The molecule has 0 aliphatic heterocycles. The van der Waals surface area contributed by atoms with Crippen LogP contribution in [0.5, 0.6) is 0 Å². The molecule has 1 aromatic carbocycles. The minimum absolute atomic E-state index is 0.553. The van der Waals surface area contributed by atoms with Crippen LogP contribution in [0.2, 0.25) is 0 Å². The second kappa shape index (κ2) is 4.32. The minimum Gasteiger partial charge on any atom is -0.467 e. The lowest BCUT2D eigenvalue weighted by molar-refractivity contribution is 0.150. The maximum atomic E-state index is 9.84. The highest BCUT2D eigenvalue weighted by Crippen LogP contribution is 2.18. The van der Waals surface area contributed by atoms with Crippen LogP contribution in [0.1, 0.15) is 23.0 Å². The first-order chi connectivity index (χ1) is 7.25. The molecule has 1 unspecified atom stereocenters. The average Bonchev–Trinajstić information content (AvgIpc) is 2.74. The molecule has 1 N–H and O–H groups in total. The molecule has 78 valence electrons. The van der Waals surface area contributed by atoms with Crippen LogP contribution in [0, 0.1) is 6.92 Å². The van der Waals surface area contributed by atoms with Gasteiger partial charge in [0.05, 0.1) is 6.26 Å². The van der Waals surface area contributed by atoms with E-state index in [-0.39, 0.29) is 0 Å². The predicted octanol–water partition coefficient (Wildman–Crippen LogP) is 2.86. The third kappa shape index (κ3) is 2.48. The number of aryl methyl sites for hydroxylation is 1. The van der Waals surface area contributed by atoms with Crippen molar-refractivity contribution in [2.24, 2.45) is 0 Å². The fraction of sp³-hybridized carbons (Fsp3) is 0.231. The van der Waals surface area contributed by atoms with Gasteiger partial charge in [0.1, 0.15) is 11.9 Å². The molecule has 0 amide bonds. The van der Waals surface area contributed by atoms with Gasteiger partial charge in [-0.05, 0) is 24.6 Å². The van der Waals surface area contributed by atoms with E-state index in [4.69, 9.17) is 4.42 Å². The molecule has 0 radical (unpaired) electrons. The summed E-state index contributed by atoms with van der Waals surface area (Å²) in [6, 6.07) is 11.7. The average molecular weight is 202 g/mol. The van der Waals surface area contributed by atoms with Crippen molar-refractivity contribution < 1.29 is 9.52 Å². The van der Waals surface area contributed by atoms with Crippen molar-refractivity contribution in [3.05, 3.63) is 59.5 Å². The summed E-state index contributed by atoms with van der Waals surface area (Å²) in [7, 11) is 0. The summed E-state index contributed by atoms with van der Waals surface area (Å²) in [4.78, 5) is 0. The van der Waals surface area contributed by atoms with Crippen LogP contribution in [0.25, 0.3) is 0 Å². The molecule has 2 heteroatoms. The second-order valence-electron chi connectivity index (χ2n) is 3.72. The molecule has 0 spiro atoms. The molecule has 1 heterocycles. The van der Waals surface area contributed by atoms with E-state index in [0.29, 0.717) is 12.2 Å². The molecule has 2 aromatic rings. The SMILES string of the molecule is Cc1ccc(CC(O)c2ccco2)cc1. The Bertz CT molecular complexity index is 401. The lowest BCUT2D eigenvalue weighted by Gasteiger charge is -2.07. The summed E-state index contributed by atoms with van der Waals surface area (Å²) < 4.78 is 5.14.